The number of rotatable bonds is 8. The third-order valence-corrected chi connectivity index (χ3v) is 5.79. The van der Waals surface area contributed by atoms with Crippen LogP contribution in [0.2, 0.25) is 0 Å². The van der Waals surface area contributed by atoms with E-state index in [2.05, 4.69) is 10.6 Å². The van der Waals surface area contributed by atoms with Gasteiger partial charge in [0.2, 0.25) is 5.91 Å². The second-order valence-electron chi connectivity index (χ2n) is 8.56. The van der Waals surface area contributed by atoms with E-state index in [1.54, 1.807) is 24.3 Å². The minimum absolute atomic E-state index is 0.00000285. The number of carbonyl (C=O) groups excluding carboxylic acids is 3. The number of benzene rings is 2. The third kappa shape index (κ3) is 5.58. The molecule has 6 nitrogen and oxygen atoms in total. The highest BCUT2D eigenvalue weighted by Crippen LogP contribution is 2.28. The normalized spacial score (nSPS) is 19.6. The van der Waals surface area contributed by atoms with E-state index in [0.29, 0.717) is 18.4 Å². The molecule has 1 aliphatic heterocycles. The first-order valence-corrected chi connectivity index (χ1v) is 10.7. The van der Waals surface area contributed by atoms with Crippen LogP contribution in [0.15, 0.2) is 60.7 Å². The van der Waals surface area contributed by atoms with Gasteiger partial charge in [0.1, 0.15) is 18.7 Å². The van der Waals surface area contributed by atoms with Gasteiger partial charge in [0.15, 0.2) is 5.78 Å². The van der Waals surface area contributed by atoms with Crippen molar-refractivity contribution in [3.05, 3.63) is 71.8 Å². The Kier molecular flexibility index (Phi) is 7.23. The predicted molar refractivity (Wildman–Crippen MR) is 119 cm³/mol. The van der Waals surface area contributed by atoms with E-state index in [1.165, 1.54) is 0 Å². The lowest BCUT2D eigenvalue weighted by Crippen LogP contribution is -2.54. The van der Waals surface area contributed by atoms with Gasteiger partial charge in [-0.25, -0.2) is 0 Å². The lowest BCUT2D eigenvalue weighted by molar-refractivity contribution is -0.128. The summed E-state index contributed by atoms with van der Waals surface area (Å²) in [6, 6.07) is 17.2. The Morgan fingerprint density at radius 3 is 2.29 bits per heavy atom. The van der Waals surface area contributed by atoms with Crippen LogP contribution in [0.5, 0.6) is 0 Å². The van der Waals surface area contributed by atoms with E-state index in [4.69, 9.17) is 4.74 Å². The van der Waals surface area contributed by atoms with Crippen LogP contribution in [-0.2, 0) is 19.7 Å². The van der Waals surface area contributed by atoms with Crippen LogP contribution in [0.4, 0.5) is 0 Å². The summed E-state index contributed by atoms with van der Waals surface area (Å²) in [5.74, 6) is -0.850. The monoisotopic (exact) mass is 422 g/mol. The highest BCUT2D eigenvalue weighted by Gasteiger charge is 2.38. The first-order valence-electron chi connectivity index (χ1n) is 10.7. The smallest absolute Gasteiger partial charge is 0.251 e. The molecule has 2 aromatic carbocycles. The maximum Gasteiger partial charge on any atom is 0.251 e. The zero-order valence-corrected chi connectivity index (χ0v) is 18.3. The second-order valence-corrected chi connectivity index (χ2v) is 8.56. The van der Waals surface area contributed by atoms with E-state index in [9.17, 15) is 14.4 Å². The fourth-order valence-corrected chi connectivity index (χ4v) is 3.92. The van der Waals surface area contributed by atoms with Gasteiger partial charge in [0.25, 0.3) is 5.91 Å². The van der Waals surface area contributed by atoms with E-state index in [1.807, 2.05) is 57.2 Å². The van der Waals surface area contributed by atoms with Crippen LogP contribution >= 0.6 is 0 Å². The first kappa shape index (κ1) is 22.7. The quantitative estimate of drug-likeness (QED) is 0.685. The van der Waals surface area contributed by atoms with Crippen molar-refractivity contribution in [1.29, 1.82) is 0 Å². The Morgan fingerprint density at radius 2 is 1.68 bits per heavy atom. The molecule has 1 fully saturated rings. The third-order valence-electron chi connectivity index (χ3n) is 5.79. The molecule has 1 saturated heterocycles. The van der Waals surface area contributed by atoms with Crippen LogP contribution in [0.25, 0.3) is 0 Å². The zero-order valence-electron chi connectivity index (χ0n) is 18.3. The number of amides is 2. The summed E-state index contributed by atoms with van der Waals surface area (Å²) < 4.78 is 5.48. The van der Waals surface area contributed by atoms with Gasteiger partial charge in [-0.3, -0.25) is 14.4 Å². The molecule has 3 atom stereocenters. The molecule has 2 amide bonds. The molecule has 0 spiro atoms. The number of hydrogen-bond donors (Lipinski definition) is 2. The summed E-state index contributed by atoms with van der Waals surface area (Å²) in [7, 11) is 0. The van der Waals surface area contributed by atoms with E-state index < -0.39 is 12.1 Å². The van der Waals surface area contributed by atoms with Crippen molar-refractivity contribution in [3.8, 4) is 0 Å². The van der Waals surface area contributed by atoms with Crippen molar-refractivity contribution in [2.45, 2.75) is 57.2 Å². The molecule has 6 heteroatoms. The average molecular weight is 423 g/mol. The molecule has 2 N–H and O–H groups in total. The van der Waals surface area contributed by atoms with Gasteiger partial charge in [-0.15, -0.1) is 0 Å². The second kappa shape index (κ2) is 9.88. The fraction of sp³-hybridized carbons (Fsp3) is 0.400. The van der Waals surface area contributed by atoms with Crippen molar-refractivity contribution in [2.75, 3.05) is 6.61 Å². The molecule has 2 aromatic rings. The number of Topliss-reactive ketones (excluding diaryl/α,β-unsaturated/α-hetero) is 1. The molecule has 1 heterocycles. The van der Waals surface area contributed by atoms with Gasteiger partial charge >= 0.3 is 0 Å². The summed E-state index contributed by atoms with van der Waals surface area (Å²) in [6.45, 7) is 5.99. The van der Waals surface area contributed by atoms with Gasteiger partial charge in [-0.2, -0.15) is 0 Å². The van der Waals surface area contributed by atoms with Crippen LogP contribution in [0, 0.1) is 0 Å². The van der Waals surface area contributed by atoms with E-state index >= 15 is 0 Å². The summed E-state index contributed by atoms with van der Waals surface area (Å²) in [5.41, 5.74) is 1.16. The highest BCUT2D eigenvalue weighted by molar-refractivity contribution is 5.99. The van der Waals surface area contributed by atoms with Crippen LogP contribution in [0.1, 0.15) is 49.5 Å². The molecular weight excluding hydrogens is 392 g/mol. The van der Waals surface area contributed by atoms with Gasteiger partial charge in [-0.1, -0.05) is 69.3 Å². The van der Waals surface area contributed by atoms with Crippen LogP contribution in [0.3, 0.4) is 0 Å². The van der Waals surface area contributed by atoms with Crippen molar-refractivity contribution >= 4 is 17.6 Å². The molecule has 0 aromatic heterocycles. The number of carbonyl (C=O) groups is 3. The molecule has 0 radical (unpaired) electrons. The first-order chi connectivity index (χ1) is 14.8. The minimum Gasteiger partial charge on any atom is -0.368 e. The van der Waals surface area contributed by atoms with Crippen molar-refractivity contribution < 1.29 is 19.1 Å². The molecule has 0 saturated carbocycles. The van der Waals surface area contributed by atoms with Crippen LogP contribution in [-0.4, -0.2) is 42.4 Å². The van der Waals surface area contributed by atoms with E-state index in [0.717, 1.165) is 5.56 Å². The molecule has 31 heavy (non-hydrogen) atoms. The number of nitrogens with one attached hydrogen (secondary N) is 2. The van der Waals surface area contributed by atoms with Crippen LogP contribution < -0.4 is 10.6 Å². The highest BCUT2D eigenvalue weighted by atomic mass is 16.5. The lowest BCUT2D eigenvalue weighted by atomic mass is 9.78. The average Bonchev–Trinajstić information content (AvgIpc) is 3.13. The summed E-state index contributed by atoms with van der Waals surface area (Å²) in [4.78, 5) is 38.3. The number of hydrogen-bond acceptors (Lipinski definition) is 4. The van der Waals surface area contributed by atoms with Crippen molar-refractivity contribution in [1.82, 2.24) is 10.6 Å². The van der Waals surface area contributed by atoms with Gasteiger partial charge in [-0.05, 0) is 36.0 Å². The fourth-order valence-electron chi connectivity index (χ4n) is 3.92. The summed E-state index contributed by atoms with van der Waals surface area (Å²) >= 11 is 0. The Balaban J connectivity index is 1.82. The lowest BCUT2D eigenvalue weighted by Gasteiger charge is -2.31. The van der Waals surface area contributed by atoms with Gasteiger partial charge < -0.3 is 15.4 Å². The molecule has 2 unspecified atom stereocenters. The Labute approximate surface area is 183 Å². The Morgan fingerprint density at radius 1 is 1.06 bits per heavy atom. The summed E-state index contributed by atoms with van der Waals surface area (Å²) in [6.07, 6.45) is 0.650. The zero-order chi connectivity index (χ0) is 22.4. The maximum atomic E-state index is 13.2. The number of ketones is 1. The molecule has 1 aliphatic rings. The molecule has 0 aliphatic carbocycles. The molecule has 0 bridgehead atoms. The standard InChI is InChI=1S/C25H30N2O4/c1-4-21-22(20(28)16-31-21)27-24(30)19(26-23(29)17-11-7-5-8-12-17)15-25(2,3)18-13-9-6-10-14-18/h5-14,19,21-22H,4,15-16H2,1-3H3,(H,26,29)(H,27,30)/t19-,21?,22?/m0/s1. The van der Waals surface area contributed by atoms with Gasteiger partial charge in [0.05, 0.1) is 6.10 Å². The topological polar surface area (TPSA) is 84.5 Å². The Bertz CT molecular complexity index is 912. The SMILES string of the molecule is CCC1OCC(=O)C1NC(=O)[C@H](CC(C)(C)c1ccccc1)NC(=O)c1ccccc1. The van der Waals surface area contributed by atoms with Gasteiger partial charge in [0, 0.05) is 5.56 Å². The Hall–Kier alpha value is -2.99. The maximum absolute atomic E-state index is 13.2. The van der Waals surface area contributed by atoms with Crippen molar-refractivity contribution in [3.63, 3.8) is 0 Å². The number of ether oxygens (including phenoxy) is 1. The minimum atomic E-state index is -0.811. The summed E-state index contributed by atoms with van der Waals surface area (Å²) in [5, 5.41) is 5.71. The molecule has 3 rings (SSSR count). The molecular formula is C25H30N2O4. The largest absolute Gasteiger partial charge is 0.368 e. The predicted octanol–water partition coefficient (Wildman–Crippen LogP) is 3.02. The van der Waals surface area contributed by atoms with E-state index in [-0.39, 0.29) is 35.7 Å². The molecule has 164 valence electrons. The van der Waals surface area contributed by atoms with Crippen molar-refractivity contribution in [2.24, 2.45) is 0 Å².